The van der Waals surface area contributed by atoms with Crippen LogP contribution in [0.1, 0.15) is 13.3 Å². The molecular weight excluding hydrogens is 206 g/mol. The molecule has 0 aliphatic heterocycles. The van der Waals surface area contributed by atoms with Crippen LogP contribution in [0, 0.1) is 11.3 Å². The Balaban J connectivity index is 3.95. The Morgan fingerprint density at radius 2 is 1.69 bits per heavy atom. The number of hydrogen-bond acceptors (Lipinski definition) is 5. The molecule has 0 saturated carbocycles. The van der Waals surface area contributed by atoms with Gasteiger partial charge in [-0.15, -0.1) is 0 Å². The van der Waals surface area contributed by atoms with Crippen molar-refractivity contribution in [1.82, 2.24) is 4.90 Å². The zero-order valence-corrected chi connectivity index (χ0v) is 10.5. The van der Waals surface area contributed by atoms with Crippen molar-refractivity contribution in [2.45, 2.75) is 18.9 Å². The second-order valence-electron chi connectivity index (χ2n) is 4.11. The van der Waals surface area contributed by atoms with Gasteiger partial charge in [0.15, 0.2) is 0 Å². The van der Waals surface area contributed by atoms with Gasteiger partial charge >= 0.3 is 0 Å². The molecule has 0 fully saturated rings. The smallest absolute Gasteiger partial charge is 0.102 e. The third-order valence-electron chi connectivity index (χ3n) is 2.43. The zero-order chi connectivity index (χ0) is 12.4. The lowest BCUT2D eigenvalue weighted by Gasteiger charge is -2.24. The molecule has 5 heteroatoms. The lowest BCUT2D eigenvalue weighted by atomic mass is 10.0. The lowest BCUT2D eigenvalue weighted by molar-refractivity contribution is 0.111. The van der Waals surface area contributed by atoms with E-state index in [1.54, 1.807) is 21.1 Å². The van der Waals surface area contributed by atoms with Crippen LogP contribution in [0.3, 0.4) is 0 Å². The summed E-state index contributed by atoms with van der Waals surface area (Å²) in [6.45, 7) is 5.56. The van der Waals surface area contributed by atoms with Crippen LogP contribution in [0.5, 0.6) is 0 Å². The van der Waals surface area contributed by atoms with Crippen LogP contribution in [0.25, 0.3) is 0 Å². The Hall–Kier alpha value is -0.670. The summed E-state index contributed by atoms with van der Waals surface area (Å²) in [5.74, 6) is 0. The Kier molecular flexibility index (Phi) is 8.12. The fourth-order valence-corrected chi connectivity index (χ4v) is 1.22. The number of ether oxygens (including phenoxy) is 2. The molecule has 0 spiro atoms. The number of nitriles is 1. The van der Waals surface area contributed by atoms with Gasteiger partial charge in [-0.05, 0) is 13.3 Å². The Morgan fingerprint density at radius 3 is 2.06 bits per heavy atom. The molecule has 5 nitrogen and oxygen atoms in total. The third kappa shape index (κ3) is 7.60. The highest BCUT2D eigenvalue weighted by Gasteiger charge is 2.18. The maximum atomic E-state index is 8.82. The summed E-state index contributed by atoms with van der Waals surface area (Å²) in [6.07, 6.45) is 0.650. The average molecular weight is 229 g/mol. The van der Waals surface area contributed by atoms with Crippen molar-refractivity contribution in [3.05, 3.63) is 0 Å². The lowest BCUT2D eigenvalue weighted by Crippen LogP contribution is -2.40. The van der Waals surface area contributed by atoms with E-state index in [9.17, 15) is 0 Å². The van der Waals surface area contributed by atoms with Crippen LogP contribution in [-0.2, 0) is 9.47 Å². The molecule has 0 rings (SSSR count). The highest BCUT2D eigenvalue weighted by Crippen LogP contribution is 2.05. The van der Waals surface area contributed by atoms with E-state index in [0.29, 0.717) is 19.6 Å². The molecule has 0 heterocycles. The van der Waals surface area contributed by atoms with Crippen molar-refractivity contribution in [1.29, 1.82) is 5.26 Å². The van der Waals surface area contributed by atoms with E-state index in [1.807, 2.05) is 0 Å². The second kappa shape index (κ2) is 8.48. The number of methoxy groups -OCH3 is 2. The molecule has 0 aromatic rings. The Bertz CT molecular complexity index is 206. The minimum atomic E-state index is -0.752. The number of rotatable bonds is 9. The molecule has 0 aromatic heterocycles. The molecular formula is C11H23N3O2. The van der Waals surface area contributed by atoms with Crippen LogP contribution in [0.15, 0.2) is 0 Å². The van der Waals surface area contributed by atoms with Gasteiger partial charge in [0.25, 0.3) is 0 Å². The minimum Gasteiger partial charge on any atom is -0.383 e. The molecule has 1 atom stereocenters. The van der Waals surface area contributed by atoms with E-state index in [4.69, 9.17) is 20.5 Å². The van der Waals surface area contributed by atoms with Crippen LogP contribution < -0.4 is 5.73 Å². The first-order chi connectivity index (χ1) is 7.55. The quantitative estimate of drug-likeness (QED) is 0.612. The molecule has 0 aliphatic rings. The maximum absolute atomic E-state index is 8.82. The van der Waals surface area contributed by atoms with Gasteiger partial charge in [0.2, 0.25) is 0 Å². The standard InChI is InChI=1S/C11H23N3O2/c1-11(13,10-12)4-5-14(6-8-15-2)7-9-16-3/h4-9,13H2,1-3H3. The highest BCUT2D eigenvalue weighted by molar-refractivity contribution is 5.01. The summed E-state index contributed by atoms with van der Waals surface area (Å²) in [5, 5.41) is 8.82. The van der Waals surface area contributed by atoms with Gasteiger partial charge in [0, 0.05) is 33.9 Å². The topological polar surface area (TPSA) is 71.5 Å². The fraction of sp³-hybridized carbons (Fsp3) is 0.909. The van der Waals surface area contributed by atoms with Gasteiger partial charge in [-0.3, -0.25) is 4.90 Å². The predicted molar refractivity (Wildman–Crippen MR) is 63.0 cm³/mol. The summed E-state index contributed by atoms with van der Waals surface area (Å²) in [6, 6.07) is 2.10. The van der Waals surface area contributed by atoms with Gasteiger partial charge in [-0.1, -0.05) is 0 Å². The highest BCUT2D eigenvalue weighted by atomic mass is 16.5. The van der Waals surface area contributed by atoms with Crippen LogP contribution in [-0.4, -0.2) is 57.5 Å². The normalized spacial score (nSPS) is 14.8. The monoisotopic (exact) mass is 229 g/mol. The van der Waals surface area contributed by atoms with E-state index in [-0.39, 0.29) is 0 Å². The molecule has 2 N–H and O–H groups in total. The third-order valence-corrected chi connectivity index (χ3v) is 2.43. The summed E-state index contributed by atoms with van der Waals surface area (Å²) in [5.41, 5.74) is 5.02. The van der Waals surface area contributed by atoms with Gasteiger partial charge in [-0.25, -0.2) is 0 Å². The van der Waals surface area contributed by atoms with Crippen molar-refractivity contribution in [2.75, 3.05) is 47.1 Å². The predicted octanol–water partition coefficient (Wildman–Crippen LogP) is 0.212. The van der Waals surface area contributed by atoms with Gasteiger partial charge in [0.05, 0.1) is 19.3 Å². The molecule has 94 valence electrons. The Labute approximate surface area is 98.1 Å². The molecule has 1 unspecified atom stereocenters. The number of nitrogens with zero attached hydrogens (tertiary/aromatic N) is 2. The summed E-state index contributed by atoms with van der Waals surface area (Å²) < 4.78 is 10.1. The first kappa shape index (κ1) is 15.3. The molecule has 0 amide bonds. The summed E-state index contributed by atoms with van der Waals surface area (Å²) in [4.78, 5) is 2.19. The van der Waals surface area contributed by atoms with Gasteiger partial charge in [0.1, 0.15) is 5.54 Å². The number of nitrogens with two attached hydrogens (primary N) is 1. The largest absolute Gasteiger partial charge is 0.383 e. The average Bonchev–Trinajstić information content (AvgIpc) is 2.28. The van der Waals surface area contributed by atoms with Crippen molar-refractivity contribution in [3.63, 3.8) is 0 Å². The molecule has 16 heavy (non-hydrogen) atoms. The maximum Gasteiger partial charge on any atom is 0.102 e. The molecule has 0 bridgehead atoms. The van der Waals surface area contributed by atoms with E-state index in [0.717, 1.165) is 19.6 Å². The van der Waals surface area contributed by atoms with E-state index >= 15 is 0 Å². The first-order valence-corrected chi connectivity index (χ1v) is 5.46. The SMILES string of the molecule is COCCN(CCOC)CCC(C)(N)C#N. The molecule has 0 radical (unpaired) electrons. The molecule has 0 aliphatic carbocycles. The summed E-state index contributed by atoms with van der Waals surface area (Å²) >= 11 is 0. The van der Waals surface area contributed by atoms with Gasteiger partial charge in [-0.2, -0.15) is 5.26 Å². The first-order valence-electron chi connectivity index (χ1n) is 5.46. The van der Waals surface area contributed by atoms with Crippen LogP contribution in [0.4, 0.5) is 0 Å². The zero-order valence-electron chi connectivity index (χ0n) is 10.5. The minimum absolute atomic E-state index is 0.650. The molecule has 0 aromatic carbocycles. The van der Waals surface area contributed by atoms with Gasteiger partial charge < -0.3 is 15.2 Å². The fourth-order valence-electron chi connectivity index (χ4n) is 1.22. The summed E-state index contributed by atoms with van der Waals surface area (Å²) in [7, 11) is 3.35. The number of hydrogen-bond donors (Lipinski definition) is 1. The van der Waals surface area contributed by atoms with Crippen molar-refractivity contribution >= 4 is 0 Å². The van der Waals surface area contributed by atoms with E-state index in [2.05, 4.69) is 11.0 Å². The second-order valence-corrected chi connectivity index (χ2v) is 4.11. The molecule has 0 saturated heterocycles. The van der Waals surface area contributed by atoms with Crippen molar-refractivity contribution in [3.8, 4) is 6.07 Å². The van der Waals surface area contributed by atoms with E-state index in [1.165, 1.54) is 0 Å². The van der Waals surface area contributed by atoms with Crippen LogP contribution >= 0.6 is 0 Å². The van der Waals surface area contributed by atoms with E-state index < -0.39 is 5.54 Å². The van der Waals surface area contributed by atoms with Crippen molar-refractivity contribution < 1.29 is 9.47 Å². The van der Waals surface area contributed by atoms with Crippen LogP contribution in [0.2, 0.25) is 0 Å². The van der Waals surface area contributed by atoms with Crippen molar-refractivity contribution in [2.24, 2.45) is 5.73 Å². The Morgan fingerprint density at radius 1 is 1.19 bits per heavy atom.